The normalized spacial score (nSPS) is 17.6. The minimum absolute atomic E-state index is 0. The van der Waals surface area contributed by atoms with Crippen molar-refractivity contribution < 1.29 is 4.74 Å². The summed E-state index contributed by atoms with van der Waals surface area (Å²) in [6, 6.07) is 2.70. The summed E-state index contributed by atoms with van der Waals surface area (Å²) in [5, 5.41) is 11.4. The molecule has 1 saturated heterocycles. The van der Waals surface area contributed by atoms with Gasteiger partial charge in [-0.25, -0.2) is 0 Å². The minimum Gasteiger partial charge on any atom is -0.377 e. The fourth-order valence-corrected chi connectivity index (χ4v) is 3.90. The summed E-state index contributed by atoms with van der Waals surface area (Å²) in [7, 11) is 0. The number of hydrogen-bond acceptors (Lipinski definition) is 4. The largest absolute Gasteiger partial charge is 0.377 e. The van der Waals surface area contributed by atoms with Gasteiger partial charge in [0.15, 0.2) is 5.96 Å². The van der Waals surface area contributed by atoms with Gasteiger partial charge in [0.2, 0.25) is 0 Å². The van der Waals surface area contributed by atoms with Gasteiger partial charge in [0.25, 0.3) is 0 Å². The minimum atomic E-state index is 0. The molecule has 1 fully saturated rings. The molecule has 2 heterocycles. The maximum atomic E-state index is 5.67. The van der Waals surface area contributed by atoms with Crippen LogP contribution in [-0.4, -0.2) is 62.3 Å². The first kappa shape index (κ1) is 24.7. The number of nitrogens with one attached hydrogen (secondary N) is 2. The lowest BCUT2D eigenvalue weighted by molar-refractivity contribution is 0.0532. The van der Waals surface area contributed by atoms with Gasteiger partial charge in [-0.1, -0.05) is 6.92 Å². The van der Waals surface area contributed by atoms with Crippen molar-refractivity contribution in [2.45, 2.75) is 58.6 Å². The maximum absolute atomic E-state index is 5.67. The van der Waals surface area contributed by atoms with Crippen molar-refractivity contribution in [3.05, 3.63) is 22.4 Å². The highest BCUT2D eigenvalue weighted by Gasteiger charge is 2.20. The van der Waals surface area contributed by atoms with Crippen LogP contribution in [0.4, 0.5) is 0 Å². The van der Waals surface area contributed by atoms with Crippen LogP contribution < -0.4 is 10.6 Å². The molecule has 2 rings (SSSR count). The molecule has 1 atom stereocenters. The molecule has 1 unspecified atom stereocenters. The van der Waals surface area contributed by atoms with Crippen molar-refractivity contribution in [3.8, 4) is 0 Å². The van der Waals surface area contributed by atoms with Crippen LogP contribution in [0.25, 0.3) is 0 Å². The van der Waals surface area contributed by atoms with Gasteiger partial charge in [0.1, 0.15) is 0 Å². The van der Waals surface area contributed by atoms with E-state index in [1.54, 1.807) is 11.3 Å². The van der Waals surface area contributed by atoms with Gasteiger partial charge in [0.05, 0.1) is 12.7 Å². The number of halogens is 1. The maximum Gasteiger partial charge on any atom is 0.191 e. The molecule has 7 heteroatoms. The topological polar surface area (TPSA) is 48.9 Å². The van der Waals surface area contributed by atoms with Crippen molar-refractivity contribution in [2.75, 3.05) is 39.3 Å². The lowest BCUT2D eigenvalue weighted by Gasteiger charge is -2.33. The first-order valence-electron chi connectivity index (χ1n) is 9.99. The SMILES string of the molecule is CCNC(=NCC(C)c1ccsc1)NC1CCN(CCOC(C)C)CC1.I. The molecule has 0 aliphatic carbocycles. The molecule has 0 aromatic carbocycles. The van der Waals surface area contributed by atoms with E-state index < -0.39 is 0 Å². The van der Waals surface area contributed by atoms with E-state index in [0.29, 0.717) is 18.1 Å². The Hall–Kier alpha value is -0.380. The molecule has 0 spiro atoms. The summed E-state index contributed by atoms with van der Waals surface area (Å²) in [4.78, 5) is 7.32. The number of aliphatic imine (C=N–C) groups is 1. The zero-order chi connectivity index (χ0) is 18.8. The predicted octanol–water partition coefficient (Wildman–Crippen LogP) is 3.91. The smallest absolute Gasteiger partial charge is 0.191 e. The zero-order valence-corrected chi connectivity index (χ0v) is 20.4. The number of thiophene rings is 1. The Morgan fingerprint density at radius 3 is 2.67 bits per heavy atom. The van der Waals surface area contributed by atoms with Gasteiger partial charge in [-0.15, -0.1) is 24.0 Å². The number of rotatable bonds is 9. The highest BCUT2D eigenvalue weighted by atomic mass is 127. The molecule has 2 N–H and O–H groups in total. The molecule has 27 heavy (non-hydrogen) atoms. The third-order valence-corrected chi connectivity index (χ3v) is 5.47. The summed E-state index contributed by atoms with van der Waals surface area (Å²) in [6.45, 7) is 14.4. The van der Waals surface area contributed by atoms with E-state index in [4.69, 9.17) is 9.73 Å². The first-order valence-corrected chi connectivity index (χ1v) is 10.9. The van der Waals surface area contributed by atoms with E-state index in [9.17, 15) is 0 Å². The lowest BCUT2D eigenvalue weighted by atomic mass is 10.1. The van der Waals surface area contributed by atoms with Crippen LogP contribution in [0.5, 0.6) is 0 Å². The second kappa shape index (κ2) is 13.7. The molecular formula is C20H37IN4OS. The van der Waals surface area contributed by atoms with Gasteiger partial charge in [-0.05, 0) is 56.0 Å². The number of piperidine rings is 1. The van der Waals surface area contributed by atoms with Gasteiger partial charge < -0.3 is 20.3 Å². The summed E-state index contributed by atoms with van der Waals surface area (Å²) in [6.07, 6.45) is 2.64. The molecule has 0 saturated carbocycles. The van der Waals surface area contributed by atoms with Gasteiger partial charge in [-0.3, -0.25) is 4.99 Å². The summed E-state index contributed by atoms with van der Waals surface area (Å²) < 4.78 is 5.67. The van der Waals surface area contributed by atoms with E-state index in [1.165, 1.54) is 5.56 Å². The highest BCUT2D eigenvalue weighted by Crippen LogP contribution is 2.18. The Balaban J connectivity index is 0.00000364. The Bertz CT molecular complexity index is 516. The van der Waals surface area contributed by atoms with E-state index >= 15 is 0 Å². The third kappa shape index (κ3) is 9.58. The molecule has 1 aliphatic rings. The quantitative estimate of drug-likeness (QED) is 0.302. The van der Waals surface area contributed by atoms with Crippen LogP contribution in [0, 0.1) is 0 Å². The fraction of sp³-hybridized carbons (Fsp3) is 0.750. The van der Waals surface area contributed by atoms with Gasteiger partial charge in [-0.2, -0.15) is 11.3 Å². The van der Waals surface area contributed by atoms with E-state index in [0.717, 1.165) is 58.1 Å². The average Bonchev–Trinajstić information content (AvgIpc) is 3.15. The predicted molar refractivity (Wildman–Crippen MR) is 128 cm³/mol. The lowest BCUT2D eigenvalue weighted by Crippen LogP contribution is -2.49. The molecule has 5 nitrogen and oxygen atoms in total. The standard InChI is InChI=1S/C20H36N4OS.HI/c1-5-21-20(22-14-17(4)18-8-13-26-15-18)23-19-6-9-24(10-7-19)11-12-25-16(2)3;/h8,13,15-17,19H,5-7,9-12,14H2,1-4H3,(H2,21,22,23);1H. The molecule has 0 radical (unpaired) electrons. The van der Waals surface area contributed by atoms with Crippen LogP contribution in [-0.2, 0) is 4.74 Å². The first-order chi connectivity index (χ1) is 12.6. The highest BCUT2D eigenvalue weighted by molar-refractivity contribution is 14.0. The fourth-order valence-electron chi connectivity index (χ4n) is 3.12. The summed E-state index contributed by atoms with van der Waals surface area (Å²) >= 11 is 1.75. The third-order valence-electron chi connectivity index (χ3n) is 4.77. The molecule has 1 aliphatic heterocycles. The van der Waals surface area contributed by atoms with Crippen molar-refractivity contribution in [1.29, 1.82) is 0 Å². The second-order valence-electron chi connectivity index (χ2n) is 7.36. The molecule has 156 valence electrons. The van der Waals surface area contributed by atoms with Gasteiger partial charge in [0, 0.05) is 44.7 Å². The van der Waals surface area contributed by atoms with Crippen molar-refractivity contribution >= 4 is 41.3 Å². The summed E-state index contributed by atoms with van der Waals surface area (Å²) in [5.41, 5.74) is 1.38. The van der Waals surface area contributed by atoms with Crippen LogP contribution >= 0.6 is 35.3 Å². The number of hydrogen-bond donors (Lipinski definition) is 2. The van der Waals surface area contributed by atoms with Crippen LogP contribution in [0.2, 0.25) is 0 Å². The van der Waals surface area contributed by atoms with Crippen LogP contribution in [0.3, 0.4) is 0 Å². The Labute approximate surface area is 186 Å². The molecule has 0 bridgehead atoms. The zero-order valence-electron chi connectivity index (χ0n) is 17.2. The van der Waals surface area contributed by atoms with Crippen molar-refractivity contribution in [1.82, 2.24) is 15.5 Å². The number of guanidine groups is 1. The Morgan fingerprint density at radius 2 is 2.07 bits per heavy atom. The van der Waals surface area contributed by atoms with Crippen LogP contribution in [0.15, 0.2) is 21.8 Å². The molecular weight excluding hydrogens is 471 g/mol. The Kier molecular flexibility index (Phi) is 12.5. The van der Waals surface area contributed by atoms with Gasteiger partial charge >= 0.3 is 0 Å². The second-order valence-corrected chi connectivity index (χ2v) is 8.14. The molecule has 0 amide bonds. The van der Waals surface area contributed by atoms with Crippen molar-refractivity contribution in [2.24, 2.45) is 4.99 Å². The van der Waals surface area contributed by atoms with Crippen molar-refractivity contribution in [3.63, 3.8) is 0 Å². The monoisotopic (exact) mass is 508 g/mol. The van der Waals surface area contributed by atoms with E-state index in [-0.39, 0.29) is 24.0 Å². The Morgan fingerprint density at radius 1 is 1.33 bits per heavy atom. The number of ether oxygens (including phenoxy) is 1. The molecule has 1 aromatic heterocycles. The van der Waals surface area contributed by atoms with E-state index in [1.807, 2.05) is 0 Å². The molecule has 1 aromatic rings. The van der Waals surface area contributed by atoms with E-state index in [2.05, 4.69) is 60.1 Å². The van der Waals surface area contributed by atoms with Crippen LogP contribution in [0.1, 0.15) is 52.0 Å². The number of likely N-dealkylation sites (tertiary alicyclic amines) is 1. The number of nitrogens with zero attached hydrogens (tertiary/aromatic N) is 2. The average molecular weight is 509 g/mol. The summed E-state index contributed by atoms with van der Waals surface area (Å²) in [5.74, 6) is 1.41.